The van der Waals surface area contributed by atoms with E-state index in [1.54, 1.807) is 30.3 Å². The molecule has 4 aromatic rings. The lowest BCUT2D eigenvalue weighted by Crippen LogP contribution is -2.19. The van der Waals surface area contributed by atoms with Crippen LogP contribution in [-0.2, 0) is 10.0 Å². The van der Waals surface area contributed by atoms with Gasteiger partial charge in [-0.25, -0.2) is 0 Å². The first-order valence-electron chi connectivity index (χ1n) is 12.2. The van der Waals surface area contributed by atoms with Gasteiger partial charge in [-0.15, -0.1) is 4.40 Å². The van der Waals surface area contributed by atoms with Crippen LogP contribution in [0.25, 0.3) is 17.2 Å². The Kier molecular flexibility index (Phi) is 6.64. The summed E-state index contributed by atoms with van der Waals surface area (Å²) in [6.45, 7) is 6.21. The van der Waals surface area contributed by atoms with E-state index in [-0.39, 0.29) is 4.90 Å². The number of rotatable bonds is 5. The molecule has 0 aliphatic carbocycles. The molecule has 0 aromatic heterocycles. The molecule has 0 spiro atoms. The zero-order valence-electron chi connectivity index (χ0n) is 21.1. The summed E-state index contributed by atoms with van der Waals surface area (Å²) >= 11 is 0. The van der Waals surface area contributed by atoms with Crippen LogP contribution >= 0.6 is 0 Å². The predicted molar refractivity (Wildman–Crippen MR) is 153 cm³/mol. The van der Waals surface area contributed by atoms with Crippen molar-refractivity contribution in [3.05, 3.63) is 142 Å². The molecular formula is C32H28N2O2S. The standard InChI is InChI=1S/C32H28N2O2S/c1-22-14-18-27(19-15-22)31-30(26-10-6-4-7-11-26)29(21-25-17-16-23(2)24(3)20-25)33-32(31)34-37(35,36)28-12-8-5-9-13-28/h4-21H,1-3H3,(H,33,34)/b29-21-. The van der Waals surface area contributed by atoms with Crippen LogP contribution < -0.4 is 5.32 Å². The highest BCUT2D eigenvalue weighted by Crippen LogP contribution is 2.38. The molecule has 0 atom stereocenters. The van der Waals surface area contributed by atoms with Gasteiger partial charge in [-0.1, -0.05) is 96.6 Å². The Balaban J connectivity index is 1.78. The molecule has 0 bridgehead atoms. The third-order valence-corrected chi connectivity index (χ3v) is 7.80. The Bertz CT molecular complexity index is 1650. The fourth-order valence-corrected chi connectivity index (χ4v) is 5.36. The van der Waals surface area contributed by atoms with Gasteiger partial charge in [0.25, 0.3) is 10.0 Å². The molecule has 4 nitrogen and oxygen atoms in total. The predicted octanol–water partition coefficient (Wildman–Crippen LogP) is 6.95. The fourth-order valence-electron chi connectivity index (χ4n) is 4.37. The van der Waals surface area contributed by atoms with Gasteiger partial charge in [-0.05, 0) is 66.8 Å². The number of benzene rings is 4. The third kappa shape index (κ3) is 5.18. The number of aryl methyl sites for hydroxylation is 3. The second kappa shape index (κ2) is 10.0. The highest BCUT2D eigenvalue weighted by molar-refractivity contribution is 7.90. The molecule has 1 aliphatic rings. The lowest BCUT2D eigenvalue weighted by molar-refractivity contribution is 0.598. The van der Waals surface area contributed by atoms with Crippen LogP contribution in [0.1, 0.15) is 33.4 Å². The number of allylic oxidation sites excluding steroid dienone is 1. The highest BCUT2D eigenvalue weighted by atomic mass is 32.2. The third-order valence-electron chi connectivity index (χ3n) is 6.51. The maximum atomic E-state index is 13.3. The van der Waals surface area contributed by atoms with E-state index < -0.39 is 10.0 Å². The normalized spacial score (nSPS) is 15.9. The van der Waals surface area contributed by atoms with Crippen LogP contribution in [0.2, 0.25) is 0 Å². The van der Waals surface area contributed by atoms with Gasteiger partial charge in [0.2, 0.25) is 0 Å². The van der Waals surface area contributed by atoms with Crippen molar-refractivity contribution >= 4 is 33.1 Å². The Labute approximate surface area is 218 Å². The molecular weight excluding hydrogens is 476 g/mol. The summed E-state index contributed by atoms with van der Waals surface area (Å²) in [6.07, 6.45) is 2.06. The maximum Gasteiger partial charge on any atom is 0.284 e. The number of nitrogens with zero attached hydrogens (tertiary/aromatic N) is 1. The zero-order chi connectivity index (χ0) is 26.0. The van der Waals surface area contributed by atoms with E-state index in [1.807, 2.05) is 61.5 Å². The molecule has 184 valence electrons. The van der Waals surface area contributed by atoms with E-state index in [4.69, 9.17) is 0 Å². The van der Waals surface area contributed by atoms with Crippen molar-refractivity contribution < 1.29 is 8.42 Å². The van der Waals surface area contributed by atoms with Gasteiger partial charge in [0.1, 0.15) is 0 Å². The molecule has 5 rings (SSSR count). The molecule has 0 saturated heterocycles. The molecule has 0 unspecified atom stereocenters. The smallest absolute Gasteiger partial charge is 0.284 e. The van der Waals surface area contributed by atoms with Crippen molar-refractivity contribution in [2.75, 3.05) is 0 Å². The van der Waals surface area contributed by atoms with Crippen LogP contribution in [0.15, 0.2) is 118 Å². The lowest BCUT2D eigenvalue weighted by atomic mass is 9.93. The molecule has 4 aromatic carbocycles. The number of amidine groups is 1. The van der Waals surface area contributed by atoms with Crippen molar-refractivity contribution in [3.8, 4) is 0 Å². The van der Waals surface area contributed by atoms with Gasteiger partial charge in [-0.2, -0.15) is 8.42 Å². The summed E-state index contributed by atoms with van der Waals surface area (Å²) < 4.78 is 31.0. The summed E-state index contributed by atoms with van der Waals surface area (Å²) in [5, 5.41) is 3.37. The number of nitrogens with one attached hydrogen (secondary N) is 1. The van der Waals surface area contributed by atoms with Gasteiger partial charge < -0.3 is 5.32 Å². The van der Waals surface area contributed by atoms with E-state index in [0.29, 0.717) is 5.84 Å². The second-order valence-electron chi connectivity index (χ2n) is 9.24. The van der Waals surface area contributed by atoms with Crippen molar-refractivity contribution in [3.63, 3.8) is 0 Å². The largest absolute Gasteiger partial charge is 0.338 e. The molecule has 37 heavy (non-hydrogen) atoms. The molecule has 1 N–H and O–H groups in total. The van der Waals surface area contributed by atoms with E-state index in [2.05, 4.69) is 47.8 Å². The van der Waals surface area contributed by atoms with Crippen LogP contribution in [0.5, 0.6) is 0 Å². The Morgan fingerprint density at radius 2 is 1.30 bits per heavy atom. The molecule has 0 amide bonds. The van der Waals surface area contributed by atoms with Crippen molar-refractivity contribution in [1.82, 2.24) is 5.32 Å². The average molecular weight is 505 g/mol. The minimum atomic E-state index is -3.94. The van der Waals surface area contributed by atoms with Crippen LogP contribution in [-0.4, -0.2) is 14.3 Å². The van der Waals surface area contributed by atoms with Crippen molar-refractivity contribution in [2.45, 2.75) is 25.7 Å². The number of hydrogen-bond donors (Lipinski definition) is 1. The van der Waals surface area contributed by atoms with Gasteiger partial charge >= 0.3 is 0 Å². The van der Waals surface area contributed by atoms with Crippen molar-refractivity contribution in [2.24, 2.45) is 4.40 Å². The molecule has 0 fully saturated rings. The van der Waals surface area contributed by atoms with Crippen LogP contribution in [0.3, 0.4) is 0 Å². The summed E-state index contributed by atoms with van der Waals surface area (Å²) in [5.41, 5.74) is 8.88. The molecule has 1 aliphatic heterocycles. The van der Waals surface area contributed by atoms with Gasteiger partial charge in [0.05, 0.1) is 4.90 Å². The van der Waals surface area contributed by atoms with E-state index in [9.17, 15) is 8.42 Å². The van der Waals surface area contributed by atoms with E-state index in [1.165, 1.54) is 11.1 Å². The minimum absolute atomic E-state index is 0.153. The Hall–Kier alpha value is -4.22. The van der Waals surface area contributed by atoms with E-state index >= 15 is 0 Å². The van der Waals surface area contributed by atoms with Gasteiger partial charge in [-0.3, -0.25) is 0 Å². The molecule has 0 radical (unpaired) electrons. The van der Waals surface area contributed by atoms with Crippen LogP contribution in [0, 0.1) is 20.8 Å². The summed E-state index contributed by atoms with van der Waals surface area (Å²) in [7, 11) is -3.94. The molecule has 0 saturated carbocycles. The summed E-state index contributed by atoms with van der Waals surface area (Å²) in [6, 6.07) is 32.7. The molecule has 1 heterocycles. The average Bonchev–Trinajstić information content (AvgIpc) is 3.24. The number of sulfonamides is 1. The maximum absolute atomic E-state index is 13.3. The monoisotopic (exact) mass is 504 g/mol. The molecule has 5 heteroatoms. The highest BCUT2D eigenvalue weighted by Gasteiger charge is 2.30. The van der Waals surface area contributed by atoms with Gasteiger partial charge in [0.15, 0.2) is 5.84 Å². The summed E-state index contributed by atoms with van der Waals surface area (Å²) in [5.74, 6) is 0.307. The number of hydrogen-bond acceptors (Lipinski definition) is 2. The van der Waals surface area contributed by atoms with E-state index in [0.717, 1.165) is 39.1 Å². The van der Waals surface area contributed by atoms with Crippen molar-refractivity contribution in [1.29, 1.82) is 0 Å². The SMILES string of the molecule is Cc1ccc(C2=C(c3ccccc3)C(=C/c3ccc(C)c(C)c3)/N/C2=N/S(=O)(=O)c2ccccc2)cc1. The quantitative estimate of drug-likeness (QED) is 0.320. The first kappa shape index (κ1) is 24.5. The Morgan fingerprint density at radius 3 is 1.95 bits per heavy atom. The van der Waals surface area contributed by atoms with Crippen LogP contribution in [0.4, 0.5) is 0 Å². The topological polar surface area (TPSA) is 58.5 Å². The summed E-state index contributed by atoms with van der Waals surface area (Å²) in [4.78, 5) is 0.153. The first-order chi connectivity index (χ1) is 17.8. The fraction of sp³-hybridized carbons (Fsp3) is 0.0938. The first-order valence-corrected chi connectivity index (χ1v) is 13.6. The zero-order valence-corrected chi connectivity index (χ0v) is 21.9. The minimum Gasteiger partial charge on any atom is -0.338 e. The Morgan fingerprint density at radius 1 is 0.676 bits per heavy atom. The second-order valence-corrected chi connectivity index (χ2v) is 10.8. The van der Waals surface area contributed by atoms with Gasteiger partial charge in [0, 0.05) is 16.8 Å². The lowest BCUT2D eigenvalue weighted by Gasteiger charge is -2.09.